The lowest BCUT2D eigenvalue weighted by atomic mass is 10.4. The van der Waals surface area contributed by atoms with Gasteiger partial charge in [-0.3, -0.25) is 10.0 Å². The topological polar surface area (TPSA) is 0 Å². The molecule has 0 aliphatic carbocycles. The van der Waals surface area contributed by atoms with E-state index in [-0.39, 0.29) is 0 Å². The van der Waals surface area contributed by atoms with Gasteiger partial charge >= 0.3 is 14.3 Å². The van der Waals surface area contributed by atoms with Gasteiger partial charge in [0.05, 0.1) is 0 Å². The molecule has 1 aromatic carbocycles. The van der Waals surface area contributed by atoms with E-state index in [9.17, 15) is 0 Å². The molecular formula is C6H6AlCl. The van der Waals surface area contributed by atoms with Gasteiger partial charge in [-0.15, -0.1) is 0 Å². The van der Waals surface area contributed by atoms with Crippen LogP contribution >= 0.6 is 10.0 Å². The lowest BCUT2D eigenvalue weighted by molar-refractivity contribution is 1.77. The van der Waals surface area contributed by atoms with E-state index in [4.69, 9.17) is 10.0 Å². The normalized spacial score (nSPS) is 8.62. The number of rotatable bonds is 1. The fourth-order valence-electron chi connectivity index (χ4n) is 0.567. The molecule has 0 saturated carbocycles. The number of benzene rings is 1. The van der Waals surface area contributed by atoms with E-state index in [1.807, 2.05) is 18.2 Å². The Hall–Kier alpha value is 0.0425. The standard InChI is InChI=1S/C6H5.Al.ClH.H/c1-2-4-6-5-3-1;;;/h1-5H;;1H;/q;+1;;/p-1. The van der Waals surface area contributed by atoms with Gasteiger partial charge < -0.3 is 0 Å². The Labute approximate surface area is 59.4 Å². The van der Waals surface area contributed by atoms with Gasteiger partial charge in [0.2, 0.25) is 0 Å². The number of halogens is 1. The average Bonchev–Trinajstić information content (AvgIpc) is 1.90. The first-order valence-corrected chi connectivity index (χ1v) is 5.38. The van der Waals surface area contributed by atoms with Gasteiger partial charge in [0.15, 0.2) is 0 Å². The molecular weight excluding hydrogens is 135 g/mol. The summed E-state index contributed by atoms with van der Waals surface area (Å²) in [7, 11) is 5.67. The lowest BCUT2D eigenvalue weighted by Gasteiger charge is -1.86. The van der Waals surface area contributed by atoms with Crippen molar-refractivity contribution in [2.45, 2.75) is 0 Å². The molecule has 0 bridgehead atoms. The zero-order chi connectivity index (χ0) is 5.82. The Morgan fingerprint density at radius 3 is 2.12 bits per heavy atom. The Bertz CT molecular complexity index is 150. The Balaban J connectivity index is 2.83. The predicted octanol–water partition coefficient (Wildman–Crippen LogP) is 0.902. The second kappa shape index (κ2) is 3.14. The molecule has 8 heavy (non-hydrogen) atoms. The monoisotopic (exact) mass is 140 g/mol. The van der Waals surface area contributed by atoms with E-state index < -0.39 is 14.3 Å². The fourth-order valence-corrected chi connectivity index (χ4v) is 1.55. The zero-order valence-corrected chi connectivity index (χ0v) is 6.64. The van der Waals surface area contributed by atoms with E-state index in [0.29, 0.717) is 0 Å². The molecule has 0 atom stereocenters. The molecule has 0 saturated heterocycles. The minimum Gasteiger partial charge on any atom is -0.260 e. The van der Waals surface area contributed by atoms with Crippen LogP contribution in [0.1, 0.15) is 0 Å². The largest absolute Gasteiger partial charge is 0.414 e. The summed E-state index contributed by atoms with van der Waals surface area (Å²) in [6.45, 7) is 0. The maximum atomic E-state index is 5.67. The van der Waals surface area contributed by atoms with Crippen LogP contribution in [-0.2, 0) is 0 Å². The molecule has 0 N–H and O–H groups in total. The van der Waals surface area contributed by atoms with Gasteiger partial charge in [0.1, 0.15) is 0 Å². The van der Waals surface area contributed by atoms with Crippen molar-refractivity contribution in [1.29, 1.82) is 0 Å². The third kappa shape index (κ3) is 1.52. The third-order valence-electron chi connectivity index (χ3n) is 0.997. The summed E-state index contributed by atoms with van der Waals surface area (Å²) in [5.74, 6) is 0. The molecule has 0 heterocycles. The first-order valence-electron chi connectivity index (χ1n) is 2.53. The van der Waals surface area contributed by atoms with E-state index >= 15 is 0 Å². The fraction of sp³-hybridized carbons (Fsp3) is 0. The van der Waals surface area contributed by atoms with Crippen molar-refractivity contribution in [3.05, 3.63) is 30.3 Å². The quantitative estimate of drug-likeness (QED) is 0.509. The Morgan fingerprint density at radius 1 is 1.12 bits per heavy atom. The summed E-state index contributed by atoms with van der Waals surface area (Å²) < 4.78 is 1.31. The SMILES string of the molecule is [Cl][AlH][c]1ccccc1. The molecule has 40 valence electrons. The third-order valence-corrected chi connectivity index (χ3v) is 2.70. The van der Waals surface area contributed by atoms with E-state index in [1.54, 1.807) is 0 Å². The summed E-state index contributed by atoms with van der Waals surface area (Å²) in [6, 6.07) is 10.2. The summed E-state index contributed by atoms with van der Waals surface area (Å²) >= 11 is -0.437. The van der Waals surface area contributed by atoms with Gasteiger partial charge in [-0.2, -0.15) is 0 Å². The molecule has 1 rings (SSSR count). The van der Waals surface area contributed by atoms with Crippen LogP contribution in [0.15, 0.2) is 30.3 Å². The molecule has 0 spiro atoms. The van der Waals surface area contributed by atoms with Crippen LogP contribution in [0.3, 0.4) is 0 Å². The smallest absolute Gasteiger partial charge is 0.260 e. The zero-order valence-electron chi connectivity index (χ0n) is 4.47. The summed E-state index contributed by atoms with van der Waals surface area (Å²) in [5, 5.41) is 0. The molecule has 0 radical (unpaired) electrons. The predicted molar refractivity (Wildman–Crippen MR) is 39.1 cm³/mol. The van der Waals surface area contributed by atoms with E-state index in [1.165, 1.54) is 4.43 Å². The van der Waals surface area contributed by atoms with Crippen LogP contribution < -0.4 is 4.43 Å². The molecule has 0 nitrogen and oxygen atoms in total. The first kappa shape index (κ1) is 6.17. The second-order valence-electron chi connectivity index (χ2n) is 1.62. The molecule has 2 heteroatoms. The van der Waals surface area contributed by atoms with E-state index in [0.717, 1.165) is 0 Å². The van der Waals surface area contributed by atoms with E-state index in [2.05, 4.69) is 12.1 Å². The van der Waals surface area contributed by atoms with Gasteiger partial charge in [-0.25, -0.2) is 0 Å². The Morgan fingerprint density at radius 2 is 1.75 bits per heavy atom. The minimum atomic E-state index is -0.437. The van der Waals surface area contributed by atoms with Crippen molar-refractivity contribution in [1.82, 2.24) is 0 Å². The molecule has 0 aliphatic rings. The maximum Gasteiger partial charge on any atom is 0.414 e. The number of hydrogen-bond acceptors (Lipinski definition) is 0. The Kier molecular flexibility index (Phi) is 2.42. The van der Waals surface area contributed by atoms with Crippen molar-refractivity contribution < 1.29 is 0 Å². The van der Waals surface area contributed by atoms with Crippen molar-refractivity contribution in [2.75, 3.05) is 0 Å². The van der Waals surface area contributed by atoms with Gasteiger partial charge in [-0.1, -0.05) is 34.8 Å². The van der Waals surface area contributed by atoms with Crippen molar-refractivity contribution >= 4 is 28.8 Å². The molecule has 0 aliphatic heterocycles. The molecule has 0 fully saturated rings. The maximum absolute atomic E-state index is 5.67. The van der Waals surface area contributed by atoms with Crippen molar-refractivity contribution in [3.8, 4) is 0 Å². The van der Waals surface area contributed by atoms with Crippen molar-refractivity contribution in [2.24, 2.45) is 0 Å². The molecule has 1 aromatic rings. The molecule has 0 unspecified atom stereocenters. The molecule has 0 amide bonds. The highest BCUT2D eigenvalue weighted by atomic mass is 35.6. The average molecular weight is 141 g/mol. The van der Waals surface area contributed by atoms with Crippen LogP contribution in [0.2, 0.25) is 0 Å². The van der Waals surface area contributed by atoms with Crippen LogP contribution in [0.5, 0.6) is 0 Å². The molecule has 0 aromatic heterocycles. The summed E-state index contributed by atoms with van der Waals surface area (Å²) in [4.78, 5) is 0. The van der Waals surface area contributed by atoms with Crippen molar-refractivity contribution in [3.63, 3.8) is 0 Å². The summed E-state index contributed by atoms with van der Waals surface area (Å²) in [5.41, 5.74) is 0. The highest BCUT2D eigenvalue weighted by Crippen LogP contribution is 1.81. The van der Waals surface area contributed by atoms with Crippen LogP contribution in [0.25, 0.3) is 0 Å². The van der Waals surface area contributed by atoms with Gasteiger partial charge in [0.25, 0.3) is 0 Å². The second-order valence-corrected chi connectivity index (χ2v) is 3.50. The number of hydrogen-bond donors (Lipinski definition) is 0. The van der Waals surface area contributed by atoms with Gasteiger partial charge in [-0.05, 0) is 0 Å². The lowest BCUT2D eigenvalue weighted by Crippen LogP contribution is -2.05. The van der Waals surface area contributed by atoms with Crippen LogP contribution in [-0.4, -0.2) is 14.3 Å². The highest BCUT2D eigenvalue weighted by Gasteiger charge is 1.87. The van der Waals surface area contributed by atoms with Gasteiger partial charge in [0, 0.05) is 0 Å². The van der Waals surface area contributed by atoms with Crippen LogP contribution in [0.4, 0.5) is 0 Å². The van der Waals surface area contributed by atoms with Crippen LogP contribution in [0, 0.1) is 0 Å². The minimum absolute atomic E-state index is 0.437. The highest BCUT2D eigenvalue weighted by molar-refractivity contribution is 7.01. The first-order chi connectivity index (χ1) is 3.93. The summed E-state index contributed by atoms with van der Waals surface area (Å²) in [6.07, 6.45) is 0.